The molecule has 26 heavy (non-hydrogen) atoms. The molecule has 0 spiro atoms. The van der Waals surface area contributed by atoms with Gasteiger partial charge in [0.25, 0.3) is 0 Å². The summed E-state index contributed by atoms with van der Waals surface area (Å²) in [6, 6.07) is 13.5. The molecule has 0 aliphatic carbocycles. The minimum Gasteiger partial charge on any atom is -0.507 e. The van der Waals surface area contributed by atoms with Crippen LogP contribution in [0.25, 0.3) is 0 Å². The lowest BCUT2D eigenvalue weighted by atomic mass is 10.1. The van der Waals surface area contributed by atoms with Gasteiger partial charge in [-0.15, -0.1) is 0 Å². The average Bonchev–Trinajstić information content (AvgIpc) is 3.21. The van der Waals surface area contributed by atoms with Crippen LogP contribution in [0.15, 0.2) is 47.5 Å². The van der Waals surface area contributed by atoms with Crippen molar-refractivity contribution in [2.75, 3.05) is 33.9 Å². The maximum Gasteiger partial charge on any atom is 0.124 e. The van der Waals surface area contributed by atoms with E-state index in [2.05, 4.69) is 22.0 Å². The molecule has 5 nitrogen and oxygen atoms in total. The van der Waals surface area contributed by atoms with Crippen molar-refractivity contribution in [2.45, 2.75) is 18.9 Å². The summed E-state index contributed by atoms with van der Waals surface area (Å²) in [5, 5.41) is 10.0. The fourth-order valence-electron chi connectivity index (χ4n) is 3.35. The van der Waals surface area contributed by atoms with Crippen LogP contribution in [0.2, 0.25) is 0 Å². The number of likely N-dealkylation sites (tertiary alicyclic amines) is 1. The van der Waals surface area contributed by atoms with Crippen molar-refractivity contribution >= 4 is 6.21 Å². The van der Waals surface area contributed by atoms with Crippen LogP contribution < -0.4 is 9.47 Å². The molecule has 5 heteroatoms. The van der Waals surface area contributed by atoms with Crippen molar-refractivity contribution in [1.29, 1.82) is 0 Å². The van der Waals surface area contributed by atoms with E-state index in [4.69, 9.17) is 9.47 Å². The maximum atomic E-state index is 10.0. The van der Waals surface area contributed by atoms with Crippen LogP contribution >= 0.6 is 0 Å². The monoisotopic (exact) mass is 354 g/mol. The number of phenolic OH excluding ortho intramolecular Hbond substituents is 1. The lowest BCUT2D eigenvalue weighted by Gasteiger charge is -2.26. The third-order valence-corrected chi connectivity index (χ3v) is 4.80. The molecule has 1 heterocycles. The molecule has 0 amide bonds. The van der Waals surface area contributed by atoms with Gasteiger partial charge in [0.05, 0.1) is 26.8 Å². The molecule has 1 saturated heterocycles. The van der Waals surface area contributed by atoms with Crippen LogP contribution in [0.3, 0.4) is 0 Å². The molecule has 2 aromatic rings. The summed E-state index contributed by atoms with van der Waals surface area (Å²) >= 11 is 0. The highest BCUT2D eigenvalue weighted by molar-refractivity contribution is 5.84. The second-order valence-electron chi connectivity index (χ2n) is 6.45. The standard InChI is InChI=1S/C21H26N2O3/c1-25-18-7-5-6-16(12-18)20(23-10-3-4-11-23)15-22-14-17-13-19(26-2)8-9-21(17)24/h5-9,12-14,20,24H,3-4,10-11,15H2,1-2H3/t20-/m1/s1. The van der Waals surface area contributed by atoms with Gasteiger partial charge in [0.1, 0.15) is 17.2 Å². The second kappa shape index (κ2) is 8.72. The zero-order valence-corrected chi connectivity index (χ0v) is 15.4. The van der Waals surface area contributed by atoms with Crippen LogP contribution in [-0.4, -0.2) is 50.1 Å². The number of aromatic hydroxyl groups is 1. The number of methoxy groups -OCH3 is 2. The molecular formula is C21H26N2O3. The molecule has 1 aliphatic heterocycles. The third-order valence-electron chi connectivity index (χ3n) is 4.80. The first kappa shape index (κ1) is 18.3. The van der Waals surface area contributed by atoms with E-state index in [1.54, 1.807) is 38.6 Å². The first-order valence-corrected chi connectivity index (χ1v) is 8.96. The summed E-state index contributed by atoms with van der Waals surface area (Å²) in [7, 11) is 3.30. The van der Waals surface area contributed by atoms with E-state index in [1.165, 1.54) is 18.4 Å². The zero-order valence-electron chi connectivity index (χ0n) is 15.4. The molecule has 0 bridgehead atoms. The van der Waals surface area contributed by atoms with Crippen LogP contribution in [-0.2, 0) is 0 Å². The molecule has 1 aliphatic rings. The summed E-state index contributed by atoms with van der Waals surface area (Å²) in [5.74, 6) is 1.77. The van der Waals surface area contributed by atoms with Gasteiger partial charge in [-0.3, -0.25) is 9.89 Å². The van der Waals surface area contributed by atoms with E-state index in [1.807, 2.05) is 12.1 Å². The predicted molar refractivity (Wildman–Crippen MR) is 104 cm³/mol. The zero-order chi connectivity index (χ0) is 18.4. The van der Waals surface area contributed by atoms with E-state index < -0.39 is 0 Å². The highest BCUT2D eigenvalue weighted by Gasteiger charge is 2.23. The summed E-state index contributed by atoms with van der Waals surface area (Å²) in [4.78, 5) is 7.10. The summed E-state index contributed by atoms with van der Waals surface area (Å²) < 4.78 is 10.6. The molecule has 0 saturated carbocycles. The smallest absolute Gasteiger partial charge is 0.124 e. The molecule has 0 unspecified atom stereocenters. The Balaban J connectivity index is 1.79. The van der Waals surface area contributed by atoms with Gasteiger partial charge >= 0.3 is 0 Å². The Morgan fingerprint density at radius 2 is 1.81 bits per heavy atom. The number of benzene rings is 2. The van der Waals surface area contributed by atoms with Gasteiger partial charge in [0, 0.05) is 11.8 Å². The molecule has 1 atom stereocenters. The minimum absolute atomic E-state index is 0.202. The molecule has 2 aromatic carbocycles. The topological polar surface area (TPSA) is 54.3 Å². The van der Waals surface area contributed by atoms with Crippen LogP contribution in [0.4, 0.5) is 0 Å². The highest BCUT2D eigenvalue weighted by Crippen LogP contribution is 2.28. The number of rotatable bonds is 7. The maximum absolute atomic E-state index is 10.0. The lowest BCUT2D eigenvalue weighted by molar-refractivity contribution is 0.251. The van der Waals surface area contributed by atoms with E-state index >= 15 is 0 Å². The van der Waals surface area contributed by atoms with Crippen molar-refractivity contribution in [3.8, 4) is 17.2 Å². The van der Waals surface area contributed by atoms with Gasteiger partial charge in [-0.2, -0.15) is 0 Å². The summed E-state index contributed by atoms with van der Waals surface area (Å²) in [6.07, 6.45) is 4.17. The van der Waals surface area contributed by atoms with E-state index in [9.17, 15) is 5.11 Å². The lowest BCUT2D eigenvalue weighted by Crippen LogP contribution is -2.27. The Bertz CT molecular complexity index is 755. The van der Waals surface area contributed by atoms with Crippen molar-refractivity contribution in [2.24, 2.45) is 4.99 Å². The largest absolute Gasteiger partial charge is 0.507 e. The fourth-order valence-corrected chi connectivity index (χ4v) is 3.35. The SMILES string of the molecule is COc1cccc([C@@H](CN=Cc2cc(OC)ccc2O)N2CCCC2)c1. The van der Waals surface area contributed by atoms with Gasteiger partial charge in [-0.1, -0.05) is 12.1 Å². The van der Waals surface area contributed by atoms with Gasteiger partial charge < -0.3 is 14.6 Å². The molecular weight excluding hydrogens is 328 g/mol. The van der Waals surface area contributed by atoms with Gasteiger partial charge in [0.15, 0.2) is 0 Å². The molecule has 138 valence electrons. The quantitative estimate of drug-likeness (QED) is 0.771. The molecule has 0 radical (unpaired) electrons. The van der Waals surface area contributed by atoms with E-state index in [-0.39, 0.29) is 11.8 Å². The predicted octanol–water partition coefficient (Wildman–Crippen LogP) is 3.67. The summed E-state index contributed by atoms with van der Waals surface area (Å²) in [5.41, 5.74) is 1.87. The summed E-state index contributed by atoms with van der Waals surface area (Å²) in [6.45, 7) is 2.80. The Kier molecular flexibility index (Phi) is 6.12. The third kappa shape index (κ3) is 4.35. The second-order valence-corrected chi connectivity index (χ2v) is 6.45. The van der Waals surface area contributed by atoms with Crippen LogP contribution in [0, 0.1) is 0 Å². The number of ether oxygens (including phenoxy) is 2. The fraction of sp³-hybridized carbons (Fsp3) is 0.381. The normalized spacial score (nSPS) is 16.1. The Morgan fingerprint density at radius 1 is 1.08 bits per heavy atom. The number of phenols is 1. The van der Waals surface area contributed by atoms with Crippen molar-refractivity contribution in [3.63, 3.8) is 0 Å². The number of hydrogen-bond acceptors (Lipinski definition) is 5. The number of nitrogens with zero attached hydrogens (tertiary/aromatic N) is 2. The average molecular weight is 354 g/mol. The molecule has 3 rings (SSSR count). The van der Waals surface area contributed by atoms with Gasteiger partial charge in [0.2, 0.25) is 0 Å². The number of hydrogen-bond donors (Lipinski definition) is 1. The molecule has 1 fully saturated rings. The van der Waals surface area contributed by atoms with E-state index in [0.29, 0.717) is 17.9 Å². The van der Waals surface area contributed by atoms with Crippen molar-refractivity contribution in [1.82, 2.24) is 4.90 Å². The Labute approximate surface area is 154 Å². The first-order chi connectivity index (χ1) is 12.7. The van der Waals surface area contributed by atoms with E-state index in [0.717, 1.165) is 18.8 Å². The van der Waals surface area contributed by atoms with Crippen LogP contribution in [0.5, 0.6) is 17.2 Å². The Hall–Kier alpha value is -2.53. The first-order valence-electron chi connectivity index (χ1n) is 8.96. The van der Waals surface area contributed by atoms with Gasteiger partial charge in [-0.25, -0.2) is 0 Å². The Morgan fingerprint density at radius 3 is 2.54 bits per heavy atom. The molecule has 0 aromatic heterocycles. The number of aliphatic imine (C=N–C) groups is 1. The highest BCUT2D eigenvalue weighted by atomic mass is 16.5. The van der Waals surface area contributed by atoms with Gasteiger partial charge in [-0.05, 0) is 61.8 Å². The minimum atomic E-state index is 0.202. The van der Waals surface area contributed by atoms with Crippen molar-refractivity contribution in [3.05, 3.63) is 53.6 Å². The van der Waals surface area contributed by atoms with Crippen LogP contribution in [0.1, 0.15) is 30.0 Å². The van der Waals surface area contributed by atoms with Crippen molar-refractivity contribution < 1.29 is 14.6 Å². The molecule has 1 N–H and O–H groups in total.